The molecule has 19 heavy (non-hydrogen) atoms. The van der Waals surface area contributed by atoms with Crippen molar-refractivity contribution in [1.29, 1.82) is 0 Å². The second kappa shape index (κ2) is 6.53. The van der Waals surface area contributed by atoms with Gasteiger partial charge in [-0.05, 0) is 42.5 Å². The van der Waals surface area contributed by atoms with E-state index in [9.17, 15) is 4.79 Å². The van der Waals surface area contributed by atoms with Crippen LogP contribution < -0.4 is 0 Å². The summed E-state index contributed by atoms with van der Waals surface area (Å²) in [5.41, 5.74) is 2.22. The average Bonchev–Trinajstić information content (AvgIpc) is 2.38. The lowest BCUT2D eigenvalue weighted by molar-refractivity contribution is -0.131. The lowest BCUT2D eigenvalue weighted by Crippen LogP contribution is -2.33. The number of carboxylic acid groups (broad SMARTS) is 1. The van der Waals surface area contributed by atoms with Crippen LogP contribution in [0.25, 0.3) is 6.08 Å². The minimum absolute atomic E-state index is 0.798. The molecule has 1 aromatic carbocycles. The van der Waals surface area contributed by atoms with Crippen LogP contribution in [-0.2, 0) is 11.3 Å². The molecule has 102 valence electrons. The van der Waals surface area contributed by atoms with Crippen molar-refractivity contribution in [3.63, 3.8) is 0 Å². The molecule has 1 unspecified atom stereocenters. The Bertz CT molecular complexity index is 450. The molecular formula is C16H21NO2. The Labute approximate surface area is 114 Å². The summed E-state index contributed by atoms with van der Waals surface area (Å²) in [7, 11) is 0. The molecule has 0 aliphatic carbocycles. The van der Waals surface area contributed by atoms with Crippen molar-refractivity contribution in [3.05, 3.63) is 41.5 Å². The highest BCUT2D eigenvalue weighted by Gasteiger charge is 2.15. The monoisotopic (exact) mass is 259 g/mol. The van der Waals surface area contributed by atoms with Gasteiger partial charge < -0.3 is 5.11 Å². The van der Waals surface area contributed by atoms with Crippen molar-refractivity contribution in [2.75, 3.05) is 13.1 Å². The molecule has 3 heteroatoms. The van der Waals surface area contributed by atoms with Crippen molar-refractivity contribution < 1.29 is 9.90 Å². The van der Waals surface area contributed by atoms with E-state index in [2.05, 4.69) is 24.0 Å². The smallest absolute Gasteiger partial charge is 0.328 e. The summed E-state index contributed by atoms with van der Waals surface area (Å²) in [5, 5.41) is 8.58. The summed E-state index contributed by atoms with van der Waals surface area (Å²) in [5.74, 6) is -0.113. The lowest BCUT2D eigenvalue weighted by Gasteiger charge is -2.30. The van der Waals surface area contributed by atoms with Gasteiger partial charge >= 0.3 is 5.97 Å². The van der Waals surface area contributed by atoms with Crippen LogP contribution in [0.1, 0.15) is 30.9 Å². The Morgan fingerprint density at radius 3 is 2.79 bits per heavy atom. The predicted octanol–water partition coefficient (Wildman–Crippen LogP) is 3.02. The fourth-order valence-corrected chi connectivity index (χ4v) is 2.59. The number of nitrogens with zero attached hydrogens (tertiary/aromatic N) is 1. The molecule has 1 aliphatic rings. The van der Waals surface area contributed by atoms with E-state index in [0.717, 1.165) is 18.0 Å². The Morgan fingerprint density at radius 1 is 1.42 bits per heavy atom. The topological polar surface area (TPSA) is 40.5 Å². The van der Waals surface area contributed by atoms with E-state index in [1.165, 1.54) is 37.6 Å². The molecule has 0 spiro atoms. The number of hydrogen-bond donors (Lipinski definition) is 1. The zero-order chi connectivity index (χ0) is 13.7. The summed E-state index contributed by atoms with van der Waals surface area (Å²) >= 11 is 0. The Hall–Kier alpha value is -1.61. The molecular weight excluding hydrogens is 238 g/mol. The SMILES string of the molecule is CC1CCCN(Cc2ccc(C=CC(=O)O)cc2)C1. The van der Waals surface area contributed by atoms with Crippen molar-refractivity contribution in [2.45, 2.75) is 26.3 Å². The Morgan fingerprint density at radius 2 is 2.16 bits per heavy atom. The van der Waals surface area contributed by atoms with Crippen LogP contribution in [0.5, 0.6) is 0 Å². The van der Waals surface area contributed by atoms with Gasteiger partial charge in [0.05, 0.1) is 0 Å². The quantitative estimate of drug-likeness (QED) is 0.845. The maximum Gasteiger partial charge on any atom is 0.328 e. The third kappa shape index (κ3) is 4.52. The first-order chi connectivity index (χ1) is 9.13. The Balaban J connectivity index is 1.93. The van der Waals surface area contributed by atoms with Crippen LogP contribution in [0.2, 0.25) is 0 Å². The van der Waals surface area contributed by atoms with Crippen LogP contribution in [0, 0.1) is 5.92 Å². The molecule has 0 bridgehead atoms. The van der Waals surface area contributed by atoms with Gasteiger partial charge in [-0.2, -0.15) is 0 Å². The van der Waals surface area contributed by atoms with E-state index >= 15 is 0 Å². The molecule has 3 nitrogen and oxygen atoms in total. The number of likely N-dealkylation sites (tertiary alicyclic amines) is 1. The third-order valence-electron chi connectivity index (χ3n) is 3.55. The third-order valence-corrected chi connectivity index (χ3v) is 3.55. The first kappa shape index (κ1) is 13.8. The molecule has 1 fully saturated rings. The highest BCUT2D eigenvalue weighted by atomic mass is 16.4. The van der Waals surface area contributed by atoms with Gasteiger partial charge in [-0.15, -0.1) is 0 Å². The second-order valence-corrected chi connectivity index (χ2v) is 5.40. The van der Waals surface area contributed by atoms with Crippen LogP contribution in [0.15, 0.2) is 30.3 Å². The molecule has 0 aromatic heterocycles. The van der Waals surface area contributed by atoms with E-state index in [1.807, 2.05) is 12.1 Å². The van der Waals surface area contributed by atoms with Gasteiger partial charge in [0.15, 0.2) is 0 Å². The molecule has 1 atom stereocenters. The average molecular weight is 259 g/mol. The molecule has 0 radical (unpaired) electrons. The molecule has 0 saturated carbocycles. The summed E-state index contributed by atoms with van der Waals surface area (Å²) in [4.78, 5) is 12.9. The molecule has 1 N–H and O–H groups in total. The number of benzene rings is 1. The van der Waals surface area contributed by atoms with Gasteiger partial charge in [0.2, 0.25) is 0 Å². The zero-order valence-corrected chi connectivity index (χ0v) is 11.4. The minimum Gasteiger partial charge on any atom is -0.478 e. The predicted molar refractivity (Wildman–Crippen MR) is 76.8 cm³/mol. The molecule has 0 amide bonds. The summed E-state index contributed by atoms with van der Waals surface area (Å²) in [6, 6.07) is 8.12. The van der Waals surface area contributed by atoms with Crippen molar-refractivity contribution in [2.24, 2.45) is 5.92 Å². The number of aliphatic carboxylic acids is 1. The number of carboxylic acids is 1. The first-order valence-electron chi connectivity index (χ1n) is 6.86. The highest BCUT2D eigenvalue weighted by Crippen LogP contribution is 2.18. The molecule has 1 heterocycles. The van der Waals surface area contributed by atoms with Gasteiger partial charge in [-0.3, -0.25) is 4.90 Å². The van der Waals surface area contributed by atoms with Crippen LogP contribution >= 0.6 is 0 Å². The fraction of sp³-hybridized carbons (Fsp3) is 0.438. The largest absolute Gasteiger partial charge is 0.478 e. The Kier molecular flexibility index (Phi) is 4.74. The molecule has 1 aromatic rings. The molecule has 1 aliphatic heterocycles. The van der Waals surface area contributed by atoms with Crippen LogP contribution in [0.3, 0.4) is 0 Å². The summed E-state index contributed by atoms with van der Waals surface area (Å²) < 4.78 is 0. The van der Waals surface area contributed by atoms with E-state index in [0.29, 0.717) is 0 Å². The van der Waals surface area contributed by atoms with Crippen LogP contribution in [0.4, 0.5) is 0 Å². The van der Waals surface area contributed by atoms with Crippen molar-refractivity contribution in [1.82, 2.24) is 4.90 Å². The van der Waals surface area contributed by atoms with Gasteiger partial charge in [0.25, 0.3) is 0 Å². The van der Waals surface area contributed by atoms with Gasteiger partial charge in [0, 0.05) is 19.2 Å². The van der Waals surface area contributed by atoms with Gasteiger partial charge in [-0.1, -0.05) is 31.2 Å². The maximum absolute atomic E-state index is 10.4. The van der Waals surface area contributed by atoms with E-state index in [-0.39, 0.29) is 0 Å². The number of rotatable bonds is 4. The molecule has 1 saturated heterocycles. The van der Waals surface area contributed by atoms with Crippen molar-refractivity contribution in [3.8, 4) is 0 Å². The first-order valence-corrected chi connectivity index (χ1v) is 6.86. The van der Waals surface area contributed by atoms with E-state index < -0.39 is 5.97 Å². The van der Waals surface area contributed by atoms with Crippen molar-refractivity contribution >= 4 is 12.0 Å². The minimum atomic E-state index is -0.911. The van der Waals surface area contributed by atoms with Gasteiger partial charge in [0.1, 0.15) is 0 Å². The van der Waals surface area contributed by atoms with Gasteiger partial charge in [-0.25, -0.2) is 4.79 Å². The number of carbonyl (C=O) groups is 1. The lowest BCUT2D eigenvalue weighted by atomic mass is 9.99. The normalized spacial score (nSPS) is 20.8. The number of piperidine rings is 1. The number of hydrogen-bond acceptors (Lipinski definition) is 2. The van der Waals surface area contributed by atoms with E-state index in [4.69, 9.17) is 5.11 Å². The maximum atomic E-state index is 10.4. The van der Waals surface area contributed by atoms with E-state index in [1.54, 1.807) is 6.08 Å². The molecule has 2 rings (SSSR count). The summed E-state index contributed by atoms with van der Waals surface area (Å²) in [6.45, 7) is 5.67. The highest BCUT2D eigenvalue weighted by molar-refractivity contribution is 5.85. The summed E-state index contributed by atoms with van der Waals surface area (Å²) in [6.07, 6.45) is 5.42. The zero-order valence-electron chi connectivity index (χ0n) is 11.4. The standard InChI is InChI=1S/C16H21NO2/c1-13-3-2-10-17(11-13)12-15-6-4-14(5-7-15)8-9-16(18)19/h4-9,13H,2-3,10-12H2,1H3,(H,18,19). The second-order valence-electron chi connectivity index (χ2n) is 5.40. The fourth-order valence-electron chi connectivity index (χ4n) is 2.59. The van der Waals surface area contributed by atoms with Crippen LogP contribution in [-0.4, -0.2) is 29.1 Å².